The van der Waals surface area contributed by atoms with Crippen molar-refractivity contribution in [3.63, 3.8) is 0 Å². The molecule has 2 aromatic rings. The molecule has 25 heavy (non-hydrogen) atoms. The predicted octanol–water partition coefficient (Wildman–Crippen LogP) is 2.65. The molecule has 0 radical (unpaired) electrons. The van der Waals surface area contributed by atoms with Crippen LogP contribution in [0.2, 0.25) is 0 Å². The number of anilines is 1. The zero-order valence-corrected chi connectivity index (χ0v) is 13.5. The highest BCUT2D eigenvalue weighted by atomic mass is 16.6. The number of carbonyl (C=O) groups excluding carboxylic acids is 2. The van der Waals surface area contributed by atoms with Gasteiger partial charge in [0, 0.05) is 42.9 Å². The molecule has 7 heteroatoms. The summed E-state index contributed by atoms with van der Waals surface area (Å²) in [4.78, 5) is 35.8. The van der Waals surface area contributed by atoms with Gasteiger partial charge in [-0.05, 0) is 30.2 Å². The molecule has 0 saturated carbocycles. The smallest absolute Gasteiger partial charge is 0.270 e. The molecule has 2 amide bonds. The van der Waals surface area contributed by atoms with Crippen LogP contribution in [-0.4, -0.2) is 23.3 Å². The topological polar surface area (TPSA) is 92.6 Å². The third-order valence-corrected chi connectivity index (χ3v) is 4.09. The summed E-state index contributed by atoms with van der Waals surface area (Å²) in [7, 11) is 0. The van der Waals surface area contributed by atoms with E-state index in [4.69, 9.17) is 0 Å². The number of hydrogen-bond acceptors (Lipinski definition) is 4. The first-order chi connectivity index (χ1) is 12.0. The summed E-state index contributed by atoms with van der Waals surface area (Å²) in [6.07, 6.45) is 1.46. The molecular formula is C18H17N3O4. The third kappa shape index (κ3) is 3.82. The van der Waals surface area contributed by atoms with Crippen LogP contribution in [0.3, 0.4) is 0 Å². The fourth-order valence-electron chi connectivity index (χ4n) is 2.76. The van der Waals surface area contributed by atoms with Crippen molar-refractivity contribution >= 4 is 23.2 Å². The molecule has 1 N–H and O–H groups in total. The molecule has 1 aliphatic rings. The summed E-state index contributed by atoms with van der Waals surface area (Å²) in [5, 5.41) is 13.5. The molecule has 0 aliphatic carbocycles. The average molecular weight is 339 g/mol. The van der Waals surface area contributed by atoms with Crippen LogP contribution in [0.5, 0.6) is 0 Å². The fraction of sp³-hybridized carbons (Fsp3) is 0.222. The number of amides is 2. The second kappa shape index (κ2) is 7.12. The van der Waals surface area contributed by atoms with Gasteiger partial charge < -0.3 is 10.2 Å². The first-order valence-corrected chi connectivity index (χ1v) is 7.96. The van der Waals surface area contributed by atoms with Crippen molar-refractivity contribution in [1.29, 1.82) is 0 Å². The van der Waals surface area contributed by atoms with Crippen LogP contribution in [0, 0.1) is 10.1 Å². The summed E-state index contributed by atoms with van der Waals surface area (Å²) >= 11 is 0. The molecule has 0 spiro atoms. The van der Waals surface area contributed by atoms with Crippen LogP contribution in [0.4, 0.5) is 11.4 Å². The van der Waals surface area contributed by atoms with Gasteiger partial charge in [0.15, 0.2) is 0 Å². The number of hydrogen-bond donors (Lipinski definition) is 1. The Kier molecular flexibility index (Phi) is 4.74. The lowest BCUT2D eigenvalue weighted by Crippen LogP contribution is -2.24. The molecule has 1 aliphatic heterocycles. The maximum absolute atomic E-state index is 12.1. The molecule has 0 bridgehead atoms. The minimum absolute atomic E-state index is 0.118. The zero-order valence-electron chi connectivity index (χ0n) is 13.5. The first-order valence-electron chi connectivity index (χ1n) is 7.96. The van der Waals surface area contributed by atoms with Gasteiger partial charge in [0.1, 0.15) is 0 Å². The third-order valence-electron chi connectivity index (χ3n) is 4.09. The molecule has 7 nitrogen and oxygen atoms in total. The molecule has 0 aromatic heterocycles. The average Bonchev–Trinajstić information content (AvgIpc) is 3.06. The number of nitro benzene ring substituents is 1. The summed E-state index contributed by atoms with van der Waals surface area (Å²) in [5.41, 5.74) is 1.87. The summed E-state index contributed by atoms with van der Waals surface area (Å²) in [6, 6.07) is 13.0. The lowest BCUT2D eigenvalue weighted by molar-refractivity contribution is -0.384. The minimum Gasteiger partial charge on any atom is -0.348 e. The Morgan fingerprint density at radius 3 is 2.60 bits per heavy atom. The van der Waals surface area contributed by atoms with Crippen LogP contribution in [0.1, 0.15) is 28.8 Å². The highest BCUT2D eigenvalue weighted by Crippen LogP contribution is 2.21. The van der Waals surface area contributed by atoms with Gasteiger partial charge in [-0.1, -0.05) is 18.2 Å². The van der Waals surface area contributed by atoms with E-state index < -0.39 is 4.92 Å². The summed E-state index contributed by atoms with van der Waals surface area (Å²) in [5.74, 6) is -0.241. The van der Waals surface area contributed by atoms with Gasteiger partial charge in [-0.2, -0.15) is 0 Å². The van der Waals surface area contributed by atoms with E-state index in [0.29, 0.717) is 13.0 Å². The number of nitro groups is 1. The van der Waals surface area contributed by atoms with E-state index in [-0.39, 0.29) is 23.1 Å². The van der Waals surface area contributed by atoms with Gasteiger partial charge in [-0.3, -0.25) is 19.7 Å². The van der Waals surface area contributed by atoms with E-state index in [1.165, 1.54) is 24.3 Å². The van der Waals surface area contributed by atoms with E-state index >= 15 is 0 Å². The fourth-order valence-corrected chi connectivity index (χ4v) is 2.76. The highest BCUT2D eigenvalue weighted by Gasteiger charge is 2.21. The number of benzene rings is 2. The molecule has 0 unspecified atom stereocenters. The van der Waals surface area contributed by atoms with Crippen molar-refractivity contribution in [2.75, 3.05) is 11.4 Å². The second-order valence-electron chi connectivity index (χ2n) is 5.81. The van der Waals surface area contributed by atoms with Crippen molar-refractivity contribution in [3.05, 3.63) is 69.8 Å². The van der Waals surface area contributed by atoms with Gasteiger partial charge in [0.25, 0.3) is 11.6 Å². The summed E-state index contributed by atoms with van der Waals surface area (Å²) in [6.45, 7) is 1.04. The number of rotatable bonds is 5. The second-order valence-corrected chi connectivity index (χ2v) is 5.81. The van der Waals surface area contributed by atoms with Crippen molar-refractivity contribution in [3.8, 4) is 0 Å². The van der Waals surface area contributed by atoms with Gasteiger partial charge in [-0.25, -0.2) is 0 Å². The van der Waals surface area contributed by atoms with Crippen molar-refractivity contribution < 1.29 is 14.5 Å². The Hall–Kier alpha value is -3.22. The Balaban J connectivity index is 1.61. The van der Waals surface area contributed by atoms with Crippen LogP contribution >= 0.6 is 0 Å². The predicted molar refractivity (Wildman–Crippen MR) is 92.3 cm³/mol. The SMILES string of the molecule is O=C(NCc1ccc(N2CCCC2=O)cc1)c1cccc([N+](=O)[O-])c1. The molecule has 3 rings (SSSR count). The maximum atomic E-state index is 12.1. The number of nitrogens with zero attached hydrogens (tertiary/aromatic N) is 2. The number of carbonyl (C=O) groups is 2. The number of nitrogens with one attached hydrogen (secondary N) is 1. The van der Waals surface area contributed by atoms with Gasteiger partial charge in [-0.15, -0.1) is 0 Å². The Morgan fingerprint density at radius 1 is 1.20 bits per heavy atom. The van der Waals surface area contributed by atoms with Crippen LogP contribution in [0.25, 0.3) is 0 Å². The van der Waals surface area contributed by atoms with Crippen LogP contribution in [-0.2, 0) is 11.3 Å². The van der Waals surface area contributed by atoms with Gasteiger partial charge in [0.2, 0.25) is 5.91 Å². The molecule has 128 valence electrons. The molecule has 1 fully saturated rings. The van der Waals surface area contributed by atoms with Crippen LogP contribution in [0.15, 0.2) is 48.5 Å². The normalized spacial score (nSPS) is 13.8. The van der Waals surface area contributed by atoms with E-state index in [0.717, 1.165) is 24.2 Å². The van der Waals surface area contributed by atoms with Gasteiger partial charge in [0.05, 0.1) is 4.92 Å². The largest absolute Gasteiger partial charge is 0.348 e. The maximum Gasteiger partial charge on any atom is 0.270 e. The Bertz CT molecular complexity index is 817. The van der Waals surface area contributed by atoms with E-state index in [1.807, 2.05) is 24.3 Å². The monoisotopic (exact) mass is 339 g/mol. The molecule has 2 aromatic carbocycles. The van der Waals surface area contributed by atoms with Crippen LogP contribution < -0.4 is 10.2 Å². The van der Waals surface area contributed by atoms with Crippen molar-refractivity contribution in [2.24, 2.45) is 0 Å². The Morgan fingerprint density at radius 2 is 1.96 bits per heavy atom. The van der Waals surface area contributed by atoms with E-state index in [1.54, 1.807) is 4.90 Å². The number of non-ortho nitro benzene ring substituents is 1. The van der Waals surface area contributed by atoms with Crippen molar-refractivity contribution in [2.45, 2.75) is 19.4 Å². The molecule has 0 atom stereocenters. The highest BCUT2D eigenvalue weighted by molar-refractivity contribution is 5.95. The lowest BCUT2D eigenvalue weighted by atomic mass is 10.1. The minimum atomic E-state index is -0.533. The standard InChI is InChI=1S/C18H17N3O4/c22-17-5-2-10-20(17)15-8-6-13(7-9-15)12-19-18(23)14-3-1-4-16(11-14)21(24)25/h1,3-4,6-9,11H,2,5,10,12H2,(H,19,23). The lowest BCUT2D eigenvalue weighted by Gasteiger charge is -2.16. The van der Waals surface area contributed by atoms with E-state index in [2.05, 4.69) is 5.32 Å². The van der Waals surface area contributed by atoms with Gasteiger partial charge >= 0.3 is 0 Å². The van der Waals surface area contributed by atoms with E-state index in [9.17, 15) is 19.7 Å². The molecule has 1 heterocycles. The Labute approximate surface area is 144 Å². The summed E-state index contributed by atoms with van der Waals surface area (Å²) < 4.78 is 0. The quantitative estimate of drug-likeness (QED) is 0.669. The molecule has 1 saturated heterocycles. The molecular weight excluding hydrogens is 322 g/mol. The first kappa shape index (κ1) is 16.6. The zero-order chi connectivity index (χ0) is 17.8. The van der Waals surface area contributed by atoms with Crippen molar-refractivity contribution in [1.82, 2.24) is 5.32 Å².